The zero-order valence-electron chi connectivity index (χ0n) is 20.5. The van der Waals surface area contributed by atoms with E-state index in [0.717, 1.165) is 23.0 Å². The van der Waals surface area contributed by atoms with E-state index in [0.29, 0.717) is 27.3 Å². The number of hydrogen-bond donors (Lipinski definition) is 5. The lowest BCUT2D eigenvalue weighted by Crippen LogP contribution is -2.28. The minimum Gasteiger partial charge on any atom is -0.465 e. The van der Waals surface area contributed by atoms with E-state index >= 15 is 0 Å². The van der Waals surface area contributed by atoms with Crippen molar-refractivity contribution < 1.29 is 33.0 Å². The number of carboxylic acid groups (broad SMARTS) is 1. The van der Waals surface area contributed by atoms with E-state index < -0.39 is 23.8 Å². The largest absolute Gasteiger partial charge is 0.465 e. The molecule has 13 heteroatoms. The average Bonchev–Trinajstić information content (AvgIpc) is 3.33. The molecular formula is C26H23F2N5O5S. The Balaban J connectivity index is 1.40. The lowest BCUT2D eigenvalue weighted by Gasteiger charge is -2.11. The normalized spacial score (nSPS) is 10.6. The number of carbonyl (C=O) groups is 3. The van der Waals surface area contributed by atoms with Gasteiger partial charge >= 0.3 is 12.1 Å². The van der Waals surface area contributed by atoms with Gasteiger partial charge < -0.3 is 31.1 Å². The summed E-state index contributed by atoms with van der Waals surface area (Å²) in [7, 11) is 0. The number of halogens is 2. The molecule has 0 unspecified atom stereocenters. The highest BCUT2D eigenvalue weighted by molar-refractivity contribution is 7.21. The van der Waals surface area contributed by atoms with Crippen LogP contribution in [-0.4, -0.2) is 41.2 Å². The molecule has 2 heterocycles. The number of amides is 4. The van der Waals surface area contributed by atoms with E-state index in [1.807, 2.05) is 0 Å². The highest BCUT2D eigenvalue weighted by Gasteiger charge is 2.16. The van der Waals surface area contributed by atoms with Gasteiger partial charge in [-0.25, -0.2) is 18.4 Å². The van der Waals surface area contributed by atoms with E-state index in [4.69, 9.17) is 9.84 Å². The van der Waals surface area contributed by atoms with Crippen LogP contribution in [0.25, 0.3) is 10.2 Å². The molecule has 202 valence electrons. The van der Waals surface area contributed by atoms with Gasteiger partial charge in [0.25, 0.3) is 5.91 Å². The van der Waals surface area contributed by atoms with Crippen molar-refractivity contribution in [1.29, 1.82) is 0 Å². The Bertz CT molecular complexity index is 1540. The van der Waals surface area contributed by atoms with Gasteiger partial charge in [-0.1, -0.05) is 6.07 Å². The third kappa shape index (κ3) is 7.17. The Kier molecular flexibility index (Phi) is 8.51. The third-order valence-corrected chi connectivity index (χ3v) is 6.44. The molecule has 0 saturated carbocycles. The molecule has 0 saturated heterocycles. The summed E-state index contributed by atoms with van der Waals surface area (Å²) in [6.45, 7) is 2.23. The molecular weight excluding hydrogens is 532 g/mol. The quantitative estimate of drug-likeness (QED) is 0.168. The van der Waals surface area contributed by atoms with Crippen molar-refractivity contribution in [3.05, 3.63) is 76.8 Å². The first kappa shape index (κ1) is 27.3. The predicted molar refractivity (Wildman–Crippen MR) is 143 cm³/mol. The zero-order chi connectivity index (χ0) is 27.9. The van der Waals surface area contributed by atoms with E-state index in [-0.39, 0.29) is 36.1 Å². The summed E-state index contributed by atoms with van der Waals surface area (Å²) in [5, 5.41) is 18.2. The second kappa shape index (κ2) is 12.2. The van der Waals surface area contributed by atoms with Crippen LogP contribution in [0.5, 0.6) is 11.5 Å². The minimum atomic E-state index is -1.13. The Hall–Kier alpha value is -4.78. The molecule has 0 spiro atoms. The number of fused-ring (bicyclic) bond motifs is 1. The summed E-state index contributed by atoms with van der Waals surface area (Å²) >= 11 is 1.14. The number of benzene rings is 2. The maximum atomic E-state index is 14.7. The maximum Gasteiger partial charge on any atom is 0.404 e. The fourth-order valence-corrected chi connectivity index (χ4v) is 4.46. The maximum absolute atomic E-state index is 14.7. The van der Waals surface area contributed by atoms with E-state index in [2.05, 4.69) is 26.3 Å². The standard InChI is InChI=1S/C26H23F2N5O5S/c1-14-3-5-16(27)19(11-14)33-25(35)32-18-6-4-15(12-17(18)28)38-21-7-10-29-20-13-22(39-23(20)21)24(34)30-8-2-9-31-26(36)37/h3-7,10-13,31H,2,8-9H2,1H3,(H,30,34)(H,36,37)(H2,32,33,35). The molecule has 0 bridgehead atoms. The minimum absolute atomic E-state index is 0.0336. The number of aryl methyl sites for hydroxylation is 1. The molecule has 2 aromatic heterocycles. The number of hydrogen-bond acceptors (Lipinski definition) is 6. The number of nitrogens with zero attached hydrogens (tertiary/aromatic N) is 1. The topological polar surface area (TPSA) is 142 Å². The van der Waals surface area contributed by atoms with Crippen molar-refractivity contribution in [3.63, 3.8) is 0 Å². The lowest BCUT2D eigenvalue weighted by molar-refractivity contribution is 0.0957. The molecule has 0 aliphatic rings. The van der Waals surface area contributed by atoms with Crippen LogP contribution in [0.1, 0.15) is 21.7 Å². The van der Waals surface area contributed by atoms with Gasteiger partial charge in [0.15, 0.2) is 0 Å². The molecule has 2 aromatic carbocycles. The second-order valence-corrected chi connectivity index (χ2v) is 9.33. The number of urea groups is 1. The molecule has 4 amide bonds. The number of ether oxygens (including phenoxy) is 1. The summed E-state index contributed by atoms with van der Waals surface area (Å²) in [5.41, 5.74) is 1.08. The summed E-state index contributed by atoms with van der Waals surface area (Å²) in [6, 6.07) is 10.4. The van der Waals surface area contributed by atoms with Crippen LogP contribution in [0, 0.1) is 18.6 Å². The van der Waals surface area contributed by atoms with E-state index in [1.54, 1.807) is 25.1 Å². The van der Waals surface area contributed by atoms with Crippen LogP contribution >= 0.6 is 11.3 Å². The van der Waals surface area contributed by atoms with Crippen LogP contribution in [0.15, 0.2) is 54.7 Å². The molecule has 0 radical (unpaired) electrons. The number of anilines is 2. The van der Waals surface area contributed by atoms with Crippen molar-refractivity contribution in [2.24, 2.45) is 0 Å². The average molecular weight is 556 g/mol. The number of carbonyl (C=O) groups excluding carboxylic acids is 2. The smallest absolute Gasteiger partial charge is 0.404 e. The molecule has 0 atom stereocenters. The molecule has 5 N–H and O–H groups in total. The summed E-state index contributed by atoms with van der Waals surface area (Å²) in [6.07, 6.45) is 0.789. The fraction of sp³-hybridized carbons (Fsp3) is 0.154. The summed E-state index contributed by atoms with van der Waals surface area (Å²) < 4.78 is 35.0. The van der Waals surface area contributed by atoms with Crippen LogP contribution in [0.2, 0.25) is 0 Å². The van der Waals surface area contributed by atoms with Gasteiger partial charge in [-0.15, -0.1) is 11.3 Å². The van der Waals surface area contributed by atoms with Gasteiger partial charge in [0.1, 0.15) is 23.1 Å². The number of pyridine rings is 1. The number of thiophene rings is 1. The van der Waals surface area contributed by atoms with Crippen LogP contribution in [0.4, 0.5) is 29.7 Å². The Morgan fingerprint density at radius 3 is 2.49 bits per heavy atom. The third-order valence-electron chi connectivity index (χ3n) is 5.30. The van der Waals surface area contributed by atoms with Crippen molar-refractivity contribution in [1.82, 2.24) is 15.6 Å². The summed E-state index contributed by atoms with van der Waals surface area (Å²) in [4.78, 5) is 39.8. The van der Waals surface area contributed by atoms with Gasteiger partial charge in [-0.05, 0) is 49.2 Å². The molecule has 4 aromatic rings. The molecule has 4 rings (SSSR count). The van der Waals surface area contributed by atoms with Gasteiger partial charge in [0, 0.05) is 31.4 Å². The van der Waals surface area contributed by atoms with Crippen LogP contribution < -0.4 is 26.0 Å². The summed E-state index contributed by atoms with van der Waals surface area (Å²) in [5.74, 6) is -1.25. The zero-order valence-corrected chi connectivity index (χ0v) is 21.3. The van der Waals surface area contributed by atoms with Crippen molar-refractivity contribution >= 4 is 51.0 Å². The fourth-order valence-electron chi connectivity index (χ4n) is 3.48. The first-order valence-corrected chi connectivity index (χ1v) is 12.5. The number of rotatable bonds is 9. The van der Waals surface area contributed by atoms with E-state index in [9.17, 15) is 23.2 Å². The molecule has 0 aliphatic carbocycles. The number of nitrogens with one attached hydrogen (secondary N) is 4. The predicted octanol–water partition coefficient (Wildman–Crippen LogP) is 5.71. The lowest BCUT2D eigenvalue weighted by atomic mass is 10.2. The highest BCUT2D eigenvalue weighted by Crippen LogP contribution is 2.35. The molecule has 0 fully saturated rings. The monoisotopic (exact) mass is 555 g/mol. The van der Waals surface area contributed by atoms with Crippen LogP contribution in [0.3, 0.4) is 0 Å². The van der Waals surface area contributed by atoms with Gasteiger partial charge in [-0.3, -0.25) is 9.78 Å². The Labute approximate surface area is 225 Å². The van der Waals surface area contributed by atoms with Crippen LogP contribution in [-0.2, 0) is 0 Å². The van der Waals surface area contributed by atoms with Gasteiger partial charge in [0.2, 0.25) is 0 Å². The van der Waals surface area contributed by atoms with Crippen molar-refractivity contribution in [3.8, 4) is 11.5 Å². The van der Waals surface area contributed by atoms with E-state index in [1.165, 1.54) is 30.5 Å². The van der Waals surface area contributed by atoms with Crippen molar-refractivity contribution in [2.75, 3.05) is 23.7 Å². The molecule has 39 heavy (non-hydrogen) atoms. The SMILES string of the molecule is Cc1ccc(F)c(NC(=O)Nc2ccc(Oc3ccnc4cc(C(=O)NCCCNC(=O)O)sc34)cc2F)c1. The number of aromatic nitrogens is 1. The first-order chi connectivity index (χ1) is 18.7. The Morgan fingerprint density at radius 2 is 1.72 bits per heavy atom. The molecule has 10 nitrogen and oxygen atoms in total. The van der Waals surface area contributed by atoms with Gasteiger partial charge in [-0.2, -0.15) is 0 Å². The van der Waals surface area contributed by atoms with Crippen molar-refractivity contribution in [2.45, 2.75) is 13.3 Å². The Morgan fingerprint density at radius 1 is 0.949 bits per heavy atom. The molecule has 0 aliphatic heterocycles. The van der Waals surface area contributed by atoms with Gasteiger partial charge in [0.05, 0.1) is 26.5 Å². The highest BCUT2D eigenvalue weighted by atomic mass is 32.1. The second-order valence-electron chi connectivity index (χ2n) is 8.28. The first-order valence-electron chi connectivity index (χ1n) is 11.6.